The van der Waals surface area contributed by atoms with E-state index in [1.54, 1.807) is 47.4 Å². The topological polar surface area (TPSA) is 75.7 Å². The summed E-state index contributed by atoms with van der Waals surface area (Å²) < 4.78 is 6.90. The average molecular weight is 600 g/mol. The summed E-state index contributed by atoms with van der Waals surface area (Å²) in [5, 5.41) is 2.85. The lowest BCUT2D eigenvalue weighted by Crippen LogP contribution is -2.49. The van der Waals surface area contributed by atoms with Gasteiger partial charge in [-0.05, 0) is 66.9 Å². The molecule has 4 rings (SSSR count). The van der Waals surface area contributed by atoms with E-state index in [-0.39, 0.29) is 17.8 Å². The first-order valence-corrected chi connectivity index (χ1v) is 12.7. The Hall–Kier alpha value is -2.97. The Kier molecular flexibility index (Phi) is 7.72. The molecule has 0 saturated carbocycles. The maximum atomic E-state index is 13.3. The number of rotatable bonds is 5. The minimum absolute atomic E-state index is 0.141. The number of methoxy groups -OCH3 is 1. The van der Waals surface area contributed by atoms with Crippen LogP contribution in [0.1, 0.15) is 39.1 Å². The standard InChI is InChI=1S/C27H24Br2N2O4/c1-35-26(34)27(20-8-10-21(28)11-9-20)12-14-31(15-13-27)25(33)19-5-3-7-23(17-19)30-24(32)18-4-2-6-22(29)16-18/h2-11,16-17H,12-15H2,1H3,(H,30,32). The Morgan fingerprint density at radius 3 is 2.17 bits per heavy atom. The molecule has 2 amide bonds. The number of likely N-dealkylation sites (tertiary alicyclic amines) is 1. The van der Waals surface area contributed by atoms with Gasteiger partial charge in [0.25, 0.3) is 11.8 Å². The number of carbonyl (C=O) groups excluding carboxylic acids is 3. The Morgan fingerprint density at radius 2 is 1.51 bits per heavy atom. The molecule has 0 spiro atoms. The van der Waals surface area contributed by atoms with Crippen molar-refractivity contribution in [2.75, 3.05) is 25.5 Å². The third-order valence-electron chi connectivity index (χ3n) is 6.33. The van der Waals surface area contributed by atoms with Crippen molar-refractivity contribution in [1.82, 2.24) is 4.90 Å². The van der Waals surface area contributed by atoms with Gasteiger partial charge in [-0.3, -0.25) is 14.4 Å². The van der Waals surface area contributed by atoms with E-state index in [0.717, 1.165) is 14.5 Å². The SMILES string of the molecule is COC(=O)C1(c2ccc(Br)cc2)CCN(C(=O)c2cccc(NC(=O)c3cccc(Br)c3)c2)CC1. The fraction of sp³-hybridized carbons (Fsp3) is 0.222. The van der Waals surface area contributed by atoms with E-state index >= 15 is 0 Å². The molecule has 3 aromatic carbocycles. The average Bonchev–Trinajstić information content (AvgIpc) is 2.88. The van der Waals surface area contributed by atoms with E-state index in [1.165, 1.54) is 7.11 Å². The number of carbonyl (C=O) groups is 3. The van der Waals surface area contributed by atoms with Crippen LogP contribution in [-0.2, 0) is 14.9 Å². The van der Waals surface area contributed by atoms with Gasteiger partial charge in [-0.15, -0.1) is 0 Å². The molecule has 8 heteroatoms. The molecule has 0 unspecified atom stereocenters. The molecule has 0 aromatic heterocycles. The van der Waals surface area contributed by atoms with Gasteiger partial charge >= 0.3 is 5.97 Å². The molecule has 0 atom stereocenters. The van der Waals surface area contributed by atoms with E-state index in [9.17, 15) is 14.4 Å². The van der Waals surface area contributed by atoms with Gasteiger partial charge in [0.05, 0.1) is 12.5 Å². The summed E-state index contributed by atoms with van der Waals surface area (Å²) in [7, 11) is 1.40. The van der Waals surface area contributed by atoms with Crippen molar-refractivity contribution in [3.63, 3.8) is 0 Å². The molecule has 0 radical (unpaired) electrons. The number of amides is 2. The molecule has 1 heterocycles. The quantitative estimate of drug-likeness (QED) is 0.376. The number of nitrogens with zero attached hydrogens (tertiary/aromatic N) is 1. The van der Waals surface area contributed by atoms with Crippen LogP contribution in [0.4, 0.5) is 5.69 Å². The van der Waals surface area contributed by atoms with Crippen molar-refractivity contribution in [3.05, 3.63) is 98.4 Å². The number of nitrogens with one attached hydrogen (secondary N) is 1. The fourth-order valence-corrected chi connectivity index (χ4v) is 5.08. The molecular formula is C27H24Br2N2O4. The lowest BCUT2D eigenvalue weighted by Gasteiger charge is -2.40. The zero-order valence-corrected chi connectivity index (χ0v) is 22.3. The predicted molar refractivity (Wildman–Crippen MR) is 142 cm³/mol. The normalized spacial score (nSPS) is 14.8. The summed E-state index contributed by atoms with van der Waals surface area (Å²) in [5.74, 6) is -0.687. The van der Waals surface area contributed by atoms with E-state index in [1.807, 2.05) is 30.3 Å². The smallest absolute Gasteiger partial charge is 0.316 e. The number of esters is 1. The summed E-state index contributed by atoms with van der Waals surface area (Å²) in [6.07, 6.45) is 0.929. The highest BCUT2D eigenvalue weighted by Crippen LogP contribution is 2.38. The molecule has 180 valence electrons. The number of hydrogen-bond acceptors (Lipinski definition) is 4. The Balaban J connectivity index is 1.47. The van der Waals surface area contributed by atoms with Gasteiger partial charge in [0.1, 0.15) is 0 Å². The van der Waals surface area contributed by atoms with E-state index in [4.69, 9.17) is 4.74 Å². The maximum Gasteiger partial charge on any atom is 0.316 e. The van der Waals surface area contributed by atoms with Gasteiger partial charge < -0.3 is 15.0 Å². The summed E-state index contributed by atoms with van der Waals surface area (Å²) in [6, 6.07) is 21.7. The van der Waals surface area contributed by atoms with Crippen LogP contribution in [0.3, 0.4) is 0 Å². The number of piperidine rings is 1. The van der Waals surface area contributed by atoms with Crippen LogP contribution in [-0.4, -0.2) is 42.9 Å². The zero-order valence-electron chi connectivity index (χ0n) is 19.1. The van der Waals surface area contributed by atoms with Crippen LogP contribution in [0.15, 0.2) is 81.7 Å². The Morgan fingerprint density at radius 1 is 0.857 bits per heavy atom. The van der Waals surface area contributed by atoms with Crippen molar-refractivity contribution in [2.24, 2.45) is 0 Å². The Bertz CT molecular complexity index is 1250. The first kappa shape index (κ1) is 25.1. The van der Waals surface area contributed by atoms with E-state index < -0.39 is 5.41 Å². The fourth-order valence-electron chi connectivity index (χ4n) is 4.41. The third kappa shape index (κ3) is 5.49. The molecule has 1 aliphatic heterocycles. The molecule has 1 fully saturated rings. The molecule has 0 bridgehead atoms. The van der Waals surface area contributed by atoms with Crippen LogP contribution in [0, 0.1) is 0 Å². The molecule has 1 saturated heterocycles. The molecular weight excluding hydrogens is 576 g/mol. The highest BCUT2D eigenvalue weighted by Gasteiger charge is 2.44. The maximum absolute atomic E-state index is 13.3. The summed E-state index contributed by atoms with van der Waals surface area (Å²) in [4.78, 5) is 40.4. The van der Waals surface area contributed by atoms with Crippen molar-refractivity contribution in [2.45, 2.75) is 18.3 Å². The van der Waals surface area contributed by atoms with Crippen molar-refractivity contribution < 1.29 is 19.1 Å². The van der Waals surface area contributed by atoms with Crippen molar-refractivity contribution in [1.29, 1.82) is 0 Å². The summed E-state index contributed by atoms with van der Waals surface area (Å²) in [5.41, 5.74) is 1.63. The van der Waals surface area contributed by atoms with Crippen LogP contribution >= 0.6 is 31.9 Å². The summed E-state index contributed by atoms with van der Waals surface area (Å²) >= 11 is 6.80. The highest BCUT2D eigenvalue weighted by molar-refractivity contribution is 9.10. The predicted octanol–water partition coefficient (Wildman–Crippen LogP) is 5.81. The number of halogens is 2. The number of ether oxygens (including phenoxy) is 1. The molecule has 1 aliphatic rings. The van der Waals surface area contributed by atoms with Gasteiger partial charge in [0.15, 0.2) is 0 Å². The van der Waals surface area contributed by atoms with Crippen molar-refractivity contribution in [3.8, 4) is 0 Å². The first-order valence-electron chi connectivity index (χ1n) is 11.1. The third-order valence-corrected chi connectivity index (χ3v) is 7.35. The van der Waals surface area contributed by atoms with E-state index in [0.29, 0.717) is 42.7 Å². The van der Waals surface area contributed by atoms with Gasteiger partial charge in [-0.1, -0.05) is 56.1 Å². The van der Waals surface area contributed by atoms with Gasteiger partial charge in [0, 0.05) is 38.8 Å². The van der Waals surface area contributed by atoms with Gasteiger partial charge in [0.2, 0.25) is 0 Å². The van der Waals surface area contributed by atoms with Gasteiger partial charge in [-0.25, -0.2) is 0 Å². The van der Waals surface area contributed by atoms with Crippen LogP contribution < -0.4 is 5.32 Å². The monoisotopic (exact) mass is 598 g/mol. The second-order valence-electron chi connectivity index (χ2n) is 8.42. The van der Waals surface area contributed by atoms with Gasteiger partial charge in [-0.2, -0.15) is 0 Å². The van der Waals surface area contributed by atoms with E-state index in [2.05, 4.69) is 37.2 Å². The second-order valence-corrected chi connectivity index (χ2v) is 10.2. The first-order chi connectivity index (χ1) is 16.8. The molecule has 6 nitrogen and oxygen atoms in total. The van der Waals surface area contributed by atoms with Crippen molar-refractivity contribution >= 4 is 55.3 Å². The largest absolute Gasteiger partial charge is 0.468 e. The minimum atomic E-state index is -0.786. The number of hydrogen-bond donors (Lipinski definition) is 1. The lowest BCUT2D eigenvalue weighted by molar-refractivity contribution is -0.149. The highest BCUT2D eigenvalue weighted by atomic mass is 79.9. The molecule has 1 N–H and O–H groups in total. The molecule has 0 aliphatic carbocycles. The summed E-state index contributed by atoms with van der Waals surface area (Å²) in [6.45, 7) is 0.831. The number of anilines is 1. The van der Waals surface area contributed by atoms with Crippen LogP contribution in [0.2, 0.25) is 0 Å². The van der Waals surface area contributed by atoms with Crippen LogP contribution in [0.5, 0.6) is 0 Å². The number of benzene rings is 3. The molecule has 35 heavy (non-hydrogen) atoms. The lowest BCUT2D eigenvalue weighted by atomic mass is 9.72. The Labute approximate surface area is 220 Å². The minimum Gasteiger partial charge on any atom is -0.468 e. The van der Waals surface area contributed by atoms with Crippen LogP contribution in [0.25, 0.3) is 0 Å². The zero-order chi connectivity index (χ0) is 25.0. The second kappa shape index (κ2) is 10.7. The molecule has 3 aromatic rings.